The number of rotatable bonds is 5. The van der Waals surface area contributed by atoms with Crippen LogP contribution in [0.3, 0.4) is 0 Å². The normalized spacial score (nSPS) is 13.7. The van der Waals surface area contributed by atoms with Gasteiger partial charge >= 0.3 is 0 Å². The van der Waals surface area contributed by atoms with E-state index >= 15 is 0 Å². The van der Waals surface area contributed by atoms with E-state index in [0.29, 0.717) is 11.0 Å². The third-order valence-corrected chi connectivity index (χ3v) is 4.30. The fourth-order valence-corrected chi connectivity index (χ4v) is 2.95. The molecule has 0 radical (unpaired) electrons. The lowest BCUT2D eigenvalue weighted by atomic mass is 9.94. The van der Waals surface area contributed by atoms with Crippen LogP contribution in [0, 0.1) is 25.2 Å². The van der Waals surface area contributed by atoms with Gasteiger partial charge in [0.15, 0.2) is 0 Å². The minimum Gasteiger partial charge on any atom is -0.437 e. The summed E-state index contributed by atoms with van der Waals surface area (Å²) in [6.45, 7) is 3.80. The van der Waals surface area contributed by atoms with Crippen LogP contribution in [0.1, 0.15) is 17.0 Å². The van der Waals surface area contributed by atoms with E-state index in [1.54, 1.807) is 7.05 Å². The third kappa shape index (κ3) is 2.87. The summed E-state index contributed by atoms with van der Waals surface area (Å²) in [4.78, 5) is 4.33. The molecule has 1 aromatic heterocycles. The van der Waals surface area contributed by atoms with Gasteiger partial charge in [-0.25, -0.2) is 4.98 Å². The van der Waals surface area contributed by atoms with Gasteiger partial charge in [0.1, 0.15) is 11.3 Å². The van der Waals surface area contributed by atoms with Crippen molar-refractivity contribution in [3.05, 3.63) is 47.3 Å². The summed E-state index contributed by atoms with van der Waals surface area (Å²) in [5.41, 5.74) is 1.08. The molecule has 0 aliphatic carbocycles. The zero-order valence-electron chi connectivity index (χ0n) is 11.8. The Balaban J connectivity index is 2.20. The molecule has 1 aromatic carbocycles. The Labute approximate surface area is 123 Å². The number of nitrogens with one attached hydrogen (secondary N) is 1. The second kappa shape index (κ2) is 6.12. The molecule has 20 heavy (non-hydrogen) atoms. The molecule has 0 aliphatic rings. The van der Waals surface area contributed by atoms with Gasteiger partial charge in [0.2, 0.25) is 0 Å². The second-order valence-electron chi connectivity index (χ2n) is 4.54. The van der Waals surface area contributed by atoms with E-state index in [0.717, 1.165) is 17.0 Å². The summed E-state index contributed by atoms with van der Waals surface area (Å²) in [6.07, 6.45) is 0. The van der Waals surface area contributed by atoms with Gasteiger partial charge < -0.3 is 4.42 Å². The number of aromatic nitrogens is 1. The first-order valence-corrected chi connectivity index (χ1v) is 7.32. The van der Waals surface area contributed by atoms with Crippen molar-refractivity contribution >= 4 is 11.8 Å². The Kier molecular flexibility index (Phi) is 4.48. The maximum atomic E-state index is 9.59. The highest BCUT2D eigenvalue weighted by molar-refractivity contribution is 7.99. The van der Waals surface area contributed by atoms with Crippen LogP contribution >= 0.6 is 11.8 Å². The predicted octanol–water partition coefficient (Wildman–Crippen LogP) is 3.02. The third-order valence-electron chi connectivity index (χ3n) is 3.31. The van der Waals surface area contributed by atoms with E-state index in [1.807, 2.05) is 44.2 Å². The van der Waals surface area contributed by atoms with Gasteiger partial charge in [0.05, 0.1) is 11.8 Å². The molecule has 0 saturated carbocycles. The van der Waals surface area contributed by atoms with Crippen molar-refractivity contribution in [3.63, 3.8) is 0 Å². The fraction of sp³-hybridized carbons (Fsp3) is 0.333. The molecule has 0 saturated heterocycles. The van der Waals surface area contributed by atoms with Gasteiger partial charge in [-0.05, 0) is 26.5 Å². The van der Waals surface area contributed by atoms with Gasteiger partial charge in [-0.2, -0.15) is 5.26 Å². The van der Waals surface area contributed by atoms with E-state index in [9.17, 15) is 5.26 Å². The van der Waals surface area contributed by atoms with Crippen molar-refractivity contribution in [3.8, 4) is 6.07 Å². The van der Waals surface area contributed by atoms with Crippen LogP contribution in [0.2, 0.25) is 0 Å². The van der Waals surface area contributed by atoms with Crippen LogP contribution in [0.4, 0.5) is 0 Å². The molecule has 2 rings (SSSR count). The summed E-state index contributed by atoms with van der Waals surface area (Å²) >= 11 is 1.44. The largest absolute Gasteiger partial charge is 0.437 e. The number of nitriles is 1. The lowest BCUT2D eigenvalue weighted by molar-refractivity contribution is 0.429. The van der Waals surface area contributed by atoms with Crippen molar-refractivity contribution in [2.75, 3.05) is 12.8 Å². The summed E-state index contributed by atoms with van der Waals surface area (Å²) in [5, 5.41) is 13.3. The molecule has 0 aliphatic heterocycles. The summed E-state index contributed by atoms with van der Waals surface area (Å²) in [5.74, 6) is 1.35. The first-order valence-electron chi connectivity index (χ1n) is 6.34. The van der Waals surface area contributed by atoms with Gasteiger partial charge in [-0.3, -0.25) is 5.32 Å². The molecule has 0 fully saturated rings. The number of benzene rings is 1. The topological polar surface area (TPSA) is 61.9 Å². The van der Waals surface area contributed by atoms with E-state index in [4.69, 9.17) is 4.42 Å². The molecular weight excluding hydrogens is 270 g/mol. The maximum absolute atomic E-state index is 9.59. The Hall–Kier alpha value is -1.77. The van der Waals surface area contributed by atoms with Crippen molar-refractivity contribution in [2.24, 2.45) is 0 Å². The lowest BCUT2D eigenvalue weighted by Gasteiger charge is -2.25. The summed E-state index contributed by atoms with van der Waals surface area (Å²) in [6, 6.07) is 12.1. The molecule has 1 heterocycles. The Morgan fingerprint density at radius 3 is 2.55 bits per heavy atom. The lowest BCUT2D eigenvalue weighted by Crippen LogP contribution is -2.41. The van der Waals surface area contributed by atoms with Gasteiger partial charge in [0, 0.05) is 5.75 Å². The Morgan fingerprint density at radius 1 is 1.35 bits per heavy atom. The molecule has 1 atom stereocenters. The van der Waals surface area contributed by atoms with Crippen molar-refractivity contribution < 1.29 is 4.42 Å². The molecule has 4 nitrogen and oxygen atoms in total. The first-order chi connectivity index (χ1) is 9.61. The van der Waals surface area contributed by atoms with Crippen LogP contribution in [-0.4, -0.2) is 17.8 Å². The minimum atomic E-state index is -0.748. The van der Waals surface area contributed by atoms with Gasteiger partial charge in [-0.15, -0.1) is 0 Å². The SMILES string of the molecule is CNC(C#N)(CSc1nc(C)c(C)o1)c1ccccc1. The van der Waals surface area contributed by atoms with Crippen LogP contribution in [-0.2, 0) is 5.54 Å². The number of nitrogens with zero attached hydrogens (tertiary/aromatic N) is 2. The molecule has 2 aromatic rings. The molecular formula is C15H17N3OS. The van der Waals surface area contributed by atoms with E-state index in [-0.39, 0.29) is 0 Å². The van der Waals surface area contributed by atoms with Gasteiger partial charge in [0.25, 0.3) is 5.22 Å². The van der Waals surface area contributed by atoms with Crippen LogP contribution in [0.25, 0.3) is 0 Å². The van der Waals surface area contributed by atoms with E-state index in [2.05, 4.69) is 16.4 Å². The highest BCUT2D eigenvalue weighted by Crippen LogP contribution is 2.29. The molecule has 0 spiro atoms. The quantitative estimate of drug-likeness (QED) is 0.856. The number of hydrogen-bond donors (Lipinski definition) is 1. The molecule has 1 unspecified atom stereocenters. The first kappa shape index (κ1) is 14.6. The van der Waals surface area contributed by atoms with Crippen molar-refractivity contribution in [1.29, 1.82) is 5.26 Å². The molecule has 0 bridgehead atoms. The number of aryl methyl sites for hydroxylation is 2. The Morgan fingerprint density at radius 2 is 2.05 bits per heavy atom. The van der Waals surface area contributed by atoms with E-state index in [1.165, 1.54) is 11.8 Å². The second-order valence-corrected chi connectivity index (χ2v) is 5.47. The van der Waals surface area contributed by atoms with Crippen molar-refractivity contribution in [2.45, 2.75) is 24.6 Å². The Bertz CT molecular complexity index is 598. The monoisotopic (exact) mass is 287 g/mol. The van der Waals surface area contributed by atoms with E-state index < -0.39 is 5.54 Å². The molecule has 5 heteroatoms. The van der Waals surface area contributed by atoms with Crippen molar-refractivity contribution in [1.82, 2.24) is 10.3 Å². The van der Waals surface area contributed by atoms with Crippen LogP contribution in [0.15, 0.2) is 40.0 Å². The molecule has 0 amide bonds. The standard InChI is InChI=1S/C15H17N3OS/c1-11-12(2)19-14(18-11)20-10-15(9-16,17-3)13-7-5-4-6-8-13/h4-8,17H,10H2,1-3H3. The molecule has 1 N–H and O–H groups in total. The highest BCUT2D eigenvalue weighted by atomic mass is 32.2. The smallest absolute Gasteiger partial charge is 0.256 e. The number of oxazole rings is 1. The average molecular weight is 287 g/mol. The number of thioether (sulfide) groups is 1. The van der Waals surface area contributed by atoms with Gasteiger partial charge in [-0.1, -0.05) is 42.1 Å². The zero-order chi connectivity index (χ0) is 14.6. The fourth-order valence-electron chi connectivity index (χ4n) is 1.85. The minimum absolute atomic E-state index is 0.531. The number of hydrogen-bond acceptors (Lipinski definition) is 5. The summed E-state index contributed by atoms with van der Waals surface area (Å²) < 4.78 is 5.55. The van der Waals surface area contributed by atoms with Crippen LogP contribution < -0.4 is 5.32 Å². The summed E-state index contributed by atoms with van der Waals surface area (Å²) in [7, 11) is 1.79. The predicted molar refractivity (Wildman–Crippen MR) is 79.5 cm³/mol. The highest BCUT2D eigenvalue weighted by Gasteiger charge is 2.31. The van der Waals surface area contributed by atoms with Crippen LogP contribution in [0.5, 0.6) is 0 Å². The average Bonchev–Trinajstić information content (AvgIpc) is 2.81. The zero-order valence-corrected chi connectivity index (χ0v) is 12.6. The maximum Gasteiger partial charge on any atom is 0.256 e. The molecule has 104 valence electrons.